The molecule has 1 aromatic carbocycles. The molecule has 2 rings (SSSR count). The fraction of sp³-hybridized carbons (Fsp3) is 0.167. The van der Waals surface area contributed by atoms with E-state index in [0.717, 1.165) is 10.4 Å². The average molecular weight is 337 g/mol. The lowest BCUT2D eigenvalue weighted by molar-refractivity contribution is -0.274. The van der Waals surface area contributed by atoms with Crippen molar-refractivity contribution in [3.8, 4) is 5.75 Å². The fourth-order valence-electron chi connectivity index (χ4n) is 1.44. The molecule has 0 aliphatic rings. The van der Waals surface area contributed by atoms with E-state index in [1.165, 1.54) is 12.1 Å². The molecule has 1 heterocycles. The number of hydrogen-bond acceptors (Lipinski definition) is 2. The van der Waals surface area contributed by atoms with Crippen molar-refractivity contribution in [3.63, 3.8) is 0 Å². The summed E-state index contributed by atoms with van der Waals surface area (Å²) >= 11 is 5.09. The van der Waals surface area contributed by atoms with Crippen LogP contribution in [0.15, 0.2) is 41.8 Å². The maximum absolute atomic E-state index is 12.0. The van der Waals surface area contributed by atoms with Gasteiger partial charge in [0.1, 0.15) is 5.75 Å². The standard InChI is InChI=1S/C12H8BrF3OS/c13-11(10-2-1-7-18-10)8-3-5-9(6-4-8)17-12(14,15)16/h1-7,11H. The molecule has 6 heteroatoms. The number of benzene rings is 1. The Labute approximate surface area is 114 Å². The third-order valence-corrected chi connectivity index (χ3v) is 4.46. The van der Waals surface area contributed by atoms with Crippen molar-refractivity contribution in [3.05, 3.63) is 52.2 Å². The molecule has 0 fully saturated rings. The first-order valence-corrected chi connectivity index (χ1v) is 6.78. The SMILES string of the molecule is FC(F)(F)Oc1ccc(C(Br)c2cccs2)cc1. The Morgan fingerprint density at radius 1 is 1.11 bits per heavy atom. The highest BCUT2D eigenvalue weighted by Crippen LogP contribution is 2.34. The lowest BCUT2D eigenvalue weighted by Crippen LogP contribution is -2.17. The van der Waals surface area contributed by atoms with Gasteiger partial charge in [0.25, 0.3) is 0 Å². The predicted octanol–water partition coefficient (Wildman–Crippen LogP) is 5.13. The van der Waals surface area contributed by atoms with Crippen LogP contribution in [0.1, 0.15) is 15.3 Å². The van der Waals surface area contributed by atoms with Gasteiger partial charge in [-0.1, -0.05) is 34.1 Å². The molecule has 0 aliphatic carbocycles. The van der Waals surface area contributed by atoms with E-state index < -0.39 is 6.36 Å². The van der Waals surface area contributed by atoms with Crippen LogP contribution >= 0.6 is 27.3 Å². The highest BCUT2D eigenvalue weighted by atomic mass is 79.9. The Balaban J connectivity index is 2.13. The molecule has 0 amide bonds. The van der Waals surface area contributed by atoms with Crippen LogP contribution in [0, 0.1) is 0 Å². The third-order valence-electron chi connectivity index (χ3n) is 2.20. The Morgan fingerprint density at radius 3 is 2.28 bits per heavy atom. The highest BCUT2D eigenvalue weighted by molar-refractivity contribution is 9.09. The summed E-state index contributed by atoms with van der Waals surface area (Å²) in [5.74, 6) is -0.211. The summed E-state index contributed by atoms with van der Waals surface area (Å²) in [5, 5.41) is 1.95. The van der Waals surface area contributed by atoms with E-state index in [1.807, 2.05) is 17.5 Å². The summed E-state index contributed by atoms with van der Waals surface area (Å²) in [6, 6.07) is 9.73. The minimum Gasteiger partial charge on any atom is -0.406 e. The quantitative estimate of drug-likeness (QED) is 0.706. The summed E-state index contributed by atoms with van der Waals surface area (Å²) in [4.78, 5) is 1.08. The molecular formula is C12H8BrF3OS. The van der Waals surface area contributed by atoms with Gasteiger partial charge in [0.2, 0.25) is 0 Å². The molecule has 96 valence electrons. The monoisotopic (exact) mass is 336 g/mol. The van der Waals surface area contributed by atoms with Gasteiger partial charge in [-0.3, -0.25) is 0 Å². The van der Waals surface area contributed by atoms with Gasteiger partial charge in [0, 0.05) is 4.88 Å². The lowest BCUT2D eigenvalue weighted by Gasteiger charge is -2.11. The van der Waals surface area contributed by atoms with Gasteiger partial charge in [-0.15, -0.1) is 24.5 Å². The zero-order valence-corrected chi connectivity index (χ0v) is 11.3. The Bertz CT molecular complexity index is 493. The van der Waals surface area contributed by atoms with E-state index in [-0.39, 0.29) is 10.6 Å². The van der Waals surface area contributed by atoms with Gasteiger partial charge >= 0.3 is 6.36 Å². The number of ether oxygens (including phenoxy) is 1. The normalized spacial score (nSPS) is 13.3. The molecule has 1 atom stereocenters. The molecular weight excluding hydrogens is 329 g/mol. The predicted molar refractivity (Wildman–Crippen MR) is 68.2 cm³/mol. The van der Waals surface area contributed by atoms with E-state index in [2.05, 4.69) is 20.7 Å². The van der Waals surface area contributed by atoms with Crippen molar-refractivity contribution >= 4 is 27.3 Å². The molecule has 0 saturated carbocycles. The summed E-state index contributed by atoms with van der Waals surface area (Å²) in [7, 11) is 0. The summed E-state index contributed by atoms with van der Waals surface area (Å²) in [6.45, 7) is 0. The minimum atomic E-state index is -4.65. The van der Waals surface area contributed by atoms with Crippen LogP contribution in [0.25, 0.3) is 0 Å². The molecule has 1 unspecified atom stereocenters. The Kier molecular flexibility index (Phi) is 3.97. The van der Waals surface area contributed by atoms with Gasteiger partial charge in [-0.25, -0.2) is 0 Å². The van der Waals surface area contributed by atoms with E-state index in [4.69, 9.17) is 0 Å². The summed E-state index contributed by atoms with van der Waals surface area (Å²) in [6.07, 6.45) is -4.65. The molecule has 0 saturated heterocycles. The average Bonchev–Trinajstić information content (AvgIpc) is 2.80. The van der Waals surface area contributed by atoms with Crippen LogP contribution in [-0.2, 0) is 0 Å². The molecule has 0 aliphatic heterocycles. The van der Waals surface area contributed by atoms with Crippen molar-refractivity contribution in [1.29, 1.82) is 0 Å². The molecule has 2 aromatic rings. The third kappa shape index (κ3) is 3.49. The van der Waals surface area contributed by atoms with Gasteiger partial charge < -0.3 is 4.74 Å². The van der Waals surface area contributed by atoms with E-state index in [1.54, 1.807) is 23.5 Å². The van der Waals surface area contributed by atoms with Crippen molar-refractivity contribution in [2.24, 2.45) is 0 Å². The number of rotatable bonds is 3. The topological polar surface area (TPSA) is 9.23 Å². The fourth-order valence-corrected chi connectivity index (χ4v) is 2.95. The molecule has 0 bridgehead atoms. The number of halogens is 4. The van der Waals surface area contributed by atoms with Crippen molar-refractivity contribution in [2.45, 2.75) is 11.2 Å². The van der Waals surface area contributed by atoms with Crippen molar-refractivity contribution in [1.82, 2.24) is 0 Å². The lowest BCUT2D eigenvalue weighted by atomic mass is 10.1. The molecule has 1 nitrogen and oxygen atoms in total. The zero-order chi connectivity index (χ0) is 13.2. The number of thiophene rings is 1. The molecule has 1 aromatic heterocycles. The van der Waals surface area contributed by atoms with Gasteiger partial charge in [0.05, 0.1) is 4.83 Å². The molecule has 0 spiro atoms. The van der Waals surface area contributed by atoms with Crippen LogP contribution in [0.2, 0.25) is 0 Å². The second-order valence-electron chi connectivity index (χ2n) is 3.49. The van der Waals surface area contributed by atoms with Crippen LogP contribution in [0.4, 0.5) is 13.2 Å². The first kappa shape index (κ1) is 13.4. The van der Waals surface area contributed by atoms with Crippen LogP contribution in [0.5, 0.6) is 5.75 Å². The summed E-state index contributed by atoms with van der Waals surface area (Å²) < 4.78 is 39.8. The maximum Gasteiger partial charge on any atom is 0.573 e. The van der Waals surface area contributed by atoms with Crippen LogP contribution in [0.3, 0.4) is 0 Å². The van der Waals surface area contributed by atoms with Crippen molar-refractivity contribution in [2.75, 3.05) is 0 Å². The van der Waals surface area contributed by atoms with Gasteiger partial charge in [-0.05, 0) is 29.1 Å². The van der Waals surface area contributed by atoms with Crippen molar-refractivity contribution < 1.29 is 17.9 Å². The second-order valence-corrected chi connectivity index (χ2v) is 5.39. The molecule has 0 N–H and O–H groups in total. The number of hydrogen-bond donors (Lipinski definition) is 0. The van der Waals surface area contributed by atoms with E-state index in [9.17, 15) is 13.2 Å². The maximum atomic E-state index is 12.0. The zero-order valence-electron chi connectivity index (χ0n) is 8.95. The Morgan fingerprint density at radius 2 is 1.78 bits per heavy atom. The second kappa shape index (κ2) is 5.32. The minimum absolute atomic E-state index is 0.0163. The Hall–Kier alpha value is -1.01. The van der Waals surface area contributed by atoms with Crippen LogP contribution in [-0.4, -0.2) is 6.36 Å². The largest absolute Gasteiger partial charge is 0.573 e. The van der Waals surface area contributed by atoms with E-state index >= 15 is 0 Å². The van der Waals surface area contributed by atoms with Crippen LogP contribution < -0.4 is 4.74 Å². The number of alkyl halides is 4. The molecule has 18 heavy (non-hydrogen) atoms. The van der Waals surface area contributed by atoms with E-state index in [0.29, 0.717) is 0 Å². The van der Waals surface area contributed by atoms with Gasteiger partial charge in [-0.2, -0.15) is 0 Å². The van der Waals surface area contributed by atoms with Gasteiger partial charge in [0.15, 0.2) is 0 Å². The highest BCUT2D eigenvalue weighted by Gasteiger charge is 2.31. The first-order valence-electron chi connectivity index (χ1n) is 4.99. The smallest absolute Gasteiger partial charge is 0.406 e. The molecule has 0 radical (unpaired) electrons. The summed E-state index contributed by atoms with van der Waals surface area (Å²) in [5.41, 5.74) is 0.881. The first-order chi connectivity index (χ1) is 8.46.